The molecular formula is C23H35N5O. The normalized spacial score (nSPS) is 15.4. The maximum atomic E-state index is 6.12. The number of nitrogens with zero attached hydrogens (tertiary/aromatic N) is 3. The van der Waals surface area contributed by atoms with Gasteiger partial charge in [-0.15, -0.1) is 0 Å². The standard InChI is InChI=1S/C23H35N5O/c1-5-24-23(26-16-22-17(2)27-28(4)18(22)3)25-15-19-11-13-21(14-12-19)29-20-9-7-6-8-10-20/h11-14,20H,5-10,15-16H2,1-4H3,(H2,24,25,26). The Kier molecular flexibility index (Phi) is 7.55. The fraction of sp³-hybridized carbons (Fsp3) is 0.565. The molecule has 2 N–H and O–H groups in total. The molecule has 0 saturated heterocycles. The van der Waals surface area contributed by atoms with Gasteiger partial charge in [0, 0.05) is 31.4 Å². The second kappa shape index (κ2) is 10.3. The highest BCUT2D eigenvalue weighted by atomic mass is 16.5. The summed E-state index contributed by atoms with van der Waals surface area (Å²) in [6.07, 6.45) is 6.67. The highest BCUT2D eigenvalue weighted by Crippen LogP contribution is 2.23. The van der Waals surface area contributed by atoms with Gasteiger partial charge in [0.25, 0.3) is 0 Å². The van der Waals surface area contributed by atoms with Crippen LogP contribution in [0.5, 0.6) is 5.75 Å². The molecule has 0 radical (unpaired) electrons. The third-order valence-corrected chi connectivity index (χ3v) is 5.63. The van der Waals surface area contributed by atoms with Crippen molar-refractivity contribution in [1.82, 2.24) is 20.4 Å². The van der Waals surface area contributed by atoms with E-state index in [9.17, 15) is 0 Å². The van der Waals surface area contributed by atoms with E-state index in [0.717, 1.165) is 23.9 Å². The van der Waals surface area contributed by atoms with E-state index in [1.54, 1.807) is 0 Å². The quantitative estimate of drug-likeness (QED) is 0.547. The van der Waals surface area contributed by atoms with Crippen LogP contribution in [0.3, 0.4) is 0 Å². The van der Waals surface area contributed by atoms with Crippen LogP contribution in [0.2, 0.25) is 0 Å². The average molecular weight is 398 g/mol. The smallest absolute Gasteiger partial charge is 0.191 e. The highest BCUT2D eigenvalue weighted by Gasteiger charge is 2.14. The van der Waals surface area contributed by atoms with Crippen LogP contribution >= 0.6 is 0 Å². The summed E-state index contributed by atoms with van der Waals surface area (Å²) >= 11 is 0. The van der Waals surface area contributed by atoms with Gasteiger partial charge in [-0.1, -0.05) is 18.6 Å². The summed E-state index contributed by atoms with van der Waals surface area (Å²) in [6.45, 7) is 8.39. The van der Waals surface area contributed by atoms with Crippen LogP contribution in [0.1, 0.15) is 61.5 Å². The fourth-order valence-corrected chi connectivity index (χ4v) is 3.81. The zero-order valence-electron chi connectivity index (χ0n) is 18.3. The van der Waals surface area contributed by atoms with Crippen molar-refractivity contribution in [2.75, 3.05) is 6.54 Å². The lowest BCUT2D eigenvalue weighted by molar-refractivity contribution is 0.155. The third-order valence-electron chi connectivity index (χ3n) is 5.63. The molecule has 0 spiro atoms. The molecule has 29 heavy (non-hydrogen) atoms. The molecule has 0 aliphatic heterocycles. The molecule has 158 valence electrons. The van der Waals surface area contributed by atoms with Crippen LogP contribution in [0, 0.1) is 13.8 Å². The molecule has 1 heterocycles. The van der Waals surface area contributed by atoms with Gasteiger partial charge in [-0.05, 0) is 64.2 Å². The predicted molar refractivity (Wildman–Crippen MR) is 118 cm³/mol. The van der Waals surface area contributed by atoms with E-state index in [1.165, 1.54) is 48.9 Å². The molecule has 6 nitrogen and oxygen atoms in total. The molecule has 1 saturated carbocycles. The minimum Gasteiger partial charge on any atom is -0.490 e. The van der Waals surface area contributed by atoms with Gasteiger partial charge in [0.2, 0.25) is 0 Å². The number of guanidine groups is 1. The van der Waals surface area contributed by atoms with E-state index in [0.29, 0.717) is 19.2 Å². The van der Waals surface area contributed by atoms with Gasteiger partial charge in [0.05, 0.1) is 18.3 Å². The Hall–Kier alpha value is -2.50. The van der Waals surface area contributed by atoms with E-state index in [1.807, 2.05) is 18.7 Å². The van der Waals surface area contributed by atoms with Gasteiger partial charge < -0.3 is 15.4 Å². The van der Waals surface area contributed by atoms with Gasteiger partial charge in [0.1, 0.15) is 5.75 Å². The van der Waals surface area contributed by atoms with E-state index < -0.39 is 0 Å². The van der Waals surface area contributed by atoms with E-state index in [4.69, 9.17) is 9.73 Å². The lowest BCUT2D eigenvalue weighted by Crippen LogP contribution is -2.37. The summed E-state index contributed by atoms with van der Waals surface area (Å²) in [6, 6.07) is 8.37. The Morgan fingerprint density at radius 1 is 1.14 bits per heavy atom. The zero-order chi connectivity index (χ0) is 20.6. The van der Waals surface area contributed by atoms with Crippen molar-refractivity contribution in [1.29, 1.82) is 0 Å². The molecule has 1 aliphatic rings. The molecule has 3 rings (SSSR count). The van der Waals surface area contributed by atoms with Crippen LogP contribution < -0.4 is 15.4 Å². The minimum atomic E-state index is 0.386. The van der Waals surface area contributed by atoms with Gasteiger partial charge in [0.15, 0.2) is 5.96 Å². The van der Waals surface area contributed by atoms with Crippen molar-refractivity contribution < 1.29 is 4.74 Å². The summed E-state index contributed by atoms with van der Waals surface area (Å²) < 4.78 is 8.04. The molecule has 2 aromatic rings. The first-order valence-electron chi connectivity index (χ1n) is 10.8. The van der Waals surface area contributed by atoms with Crippen molar-refractivity contribution in [2.45, 2.75) is 72.1 Å². The van der Waals surface area contributed by atoms with Gasteiger partial charge in [-0.25, -0.2) is 4.99 Å². The Morgan fingerprint density at radius 2 is 1.86 bits per heavy atom. The lowest BCUT2D eigenvalue weighted by Gasteiger charge is -2.23. The Labute approximate surface area is 174 Å². The average Bonchev–Trinajstić information content (AvgIpc) is 2.97. The highest BCUT2D eigenvalue weighted by molar-refractivity contribution is 5.79. The molecule has 1 aliphatic carbocycles. The number of nitrogens with one attached hydrogen (secondary N) is 2. The second-order valence-corrected chi connectivity index (χ2v) is 7.84. The summed E-state index contributed by atoms with van der Waals surface area (Å²) in [5.41, 5.74) is 4.63. The SMILES string of the molecule is CCNC(=NCc1ccc(OC2CCCCC2)cc1)NCc1c(C)nn(C)c1C. The first-order chi connectivity index (χ1) is 14.1. The van der Waals surface area contributed by atoms with Gasteiger partial charge in [-0.2, -0.15) is 5.10 Å². The number of aryl methyl sites for hydroxylation is 2. The molecule has 6 heteroatoms. The Morgan fingerprint density at radius 3 is 2.48 bits per heavy atom. The second-order valence-electron chi connectivity index (χ2n) is 7.84. The fourth-order valence-electron chi connectivity index (χ4n) is 3.81. The van der Waals surface area contributed by atoms with Crippen LogP contribution in [0.25, 0.3) is 0 Å². The number of hydrogen-bond donors (Lipinski definition) is 2. The van der Waals surface area contributed by atoms with E-state index in [-0.39, 0.29) is 0 Å². The van der Waals surface area contributed by atoms with Crippen LogP contribution in [0.4, 0.5) is 0 Å². The van der Waals surface area contributed by atoms with Gasteiger partial charge in [-0.3, -0.25) is 4.68 Å². The maximum absolute atomic E-state index is 6.12. The minimum absolute atomic E-state index is 0.386. The molecule has 0 atom stereocenters. The molecule has 0 amide bonds. The summed E-state index contributed by atoms with van der Waals surface area (Å²) in [5.74, 6) is 1.79. The molecule has 0 unspecified atom stereocenters. The maximum Gasteiger partial charge on any atom is 0.191 e. The summed E-state index contributed by atoms with van der Waals surface area (Å²) in [5, 5.41) is 11.2. The number of rotatable bonds is 7. The van der Waals surface area contributed by atoms with Crippen LogP contribution in [0.15, 0.2) is 29.3 Å². The number of benzene rings is 1. The Bertz CT molecular complexity index is 803. The van der Waals surface area contributed by atoms with Crippen molar-refractivity contribution >= 4 is 5.96 Å². The van der Waals surface area contributed by atoms with Crippen LogP contribution in [-0.4, -0.2) is 28.4 Å². The molecule has 1 fully saturated rings. The monoisotopic (exact) mass is 397 g/mol. The molecule has 0 bridgehead atoms. The van der Waals surface area contributed by atoms with Crippen molar-refractivity contribution in [3.63, 3.8) is 0 Å². The first kappa shape index (κ1) is 21.2. The first-order valence-corrected chi connectivity index (χ1v) is 10.8. The van der Waals surface area contributed by atoms with Crippen molar-refractivity contribution in [2.24, 2.45) is 12.0 Å². The largest absolute Gasteiger partial charge is 0.490 e. The molecular weight excluding hydrogens is 362 g/mol. The molecule has 1 aromatic heterocycles. The number of ether oxygens (including phenoxy) is 1. The van der Waals surface area contributed by atoms with Crippen molar-refractivity contribution in [3.8, 4) is 5.75 Å². The van der Waals surface area contributed by atoms with Crippen molar-refractivity contribution in [3.05, 3.63) is 46.8 Å². The lowest BCUT2D eigenvalue weighted by atomic mass is 9.98. The van der Waals surface area contributed by atoms with Gasteiger partial charge >= 0.3 is 0 Å². The number of aromatic nitrogens is 2. The van der Waals surface area contributed by atoms with Crippen LogP contribution in [-0.2, 0) is 20.1 Å². The number of hydrogen-bond acceptors (Lipinski definition) is 3. The third kappa shape index (κ3) is 5.99. The zero-order valence-corrected chi connectivity index (χ0v) is 18.3. The number of aliphatic imine (C=N–C) groups is 1. The predicted octanol–water partition coefficient (Wildman–Crippen LogP) is 4.00. The topological polar surface area (TPSA) is 63.5 Å². The summed E-state index contributed by atoms with van der Waals surface area (Å²) in [7, 11) is 1.98. The Balaban J connectivity index is 1.56. The van der Waals surface area contributed by atoms with E-state index in [2.05, 4.69) is 53.8 Å². The van der Waals surface area contributed by atoms with E-state index >= 15 is 0 Å². The summed E-state index contributed by atoms with van der Waals surface area (Å²) in [4.78, 5) is 4.74. The molecule has 1 aromatic carbocycles.